The SMILES string of the molecule is CN1C=NC2C(=O)NC(=O)NC21. The standard InChI is InChI=1S/C6H8N4O2/c1-10-2-7-3-4(10)8-6(12)9-5(3)11/h2-4H,1H3,(H2,8,9,11,12). The summed E-state index contributed by atoms with van der Waals surface area (Å²) in [5, 5.41) is 4.73. The molecule has 1 fully saturated rings. The second kappa shape index (κ2) is 2.20. The van der Waals surface area contributed by atoms with Gasteiger partial charge in [0.1, 0.15) is 6.17 Å². The molecular weight excluding hydrogens is 160 g/mol. The average molecular weight is 168 g/mol. The van der Waals surface area contributed by atoms with E-state index in [-0.39, 0.29) is 12.1 Å². The second-order valence-electron chi connectivity index (χ2n) is 2.78. The Morgan fingerprint density at radius 1 is 1.58 bits per heavy atom. The Labute approximate surface area is 68.6 Å². The summed E-state index contributed by atoms with van der Waals surface area (Å²) in [6.07, 6.45) is 1.23. The molecule has 2 aliphatic rings. The zero-order chi connectivity index (χ0) is 8.72. The van der Waals surface area contributed by atoms with E-state index in [1.165, 1.54) is 0 Å². The van der Waals surface area contributed by atoms with Gasteiger partial charge in [-0.15, -0.1) is 0 Å². The van der Waals surface area contributed by atoms with E-state index in [1.807, 2.05) is 0 Å². The predicted molar refractivity (Wildman–Crippen MR) is 40.5 cm³/mol. The van der Waals surface area contributed by atoms with Crippen LogP contribution in [0.5, 0.6) is 0 Å². The molecule has 2 N–H and O–H groups in total. The molecule has 6 heteroatoms. The molecule has 3 amide bonds. The number of imide groups is 1. The lowest BCUT2D eigenvalue weighted by Crippen LogP contribution is -2.62. The summed E-state index contributed by atoms with van der Waals surface area (Å²) in [7, 11) is 1.76. The van der Waals surface area contributed by atoms with Crippen LogP contribution in [0.15, 0.2) is 4.99 Å². The number of likely N-dealkylation sites (N-methyl/N-ethyl adjacent to an activating group) is 1. The summed E-state index contributed by atoms with van der Waals surface area (Å²) in [6.45, 7) is 0. The Kier molecular flexibility index (Phi) is 1.30. The molecule has 2 rings (SSSR count). The highest BCUT2D eigenvalue weighted by Crippen LogP contribution is 2.11. The molecule has 0 saturated carbocycles. The molecule has 2 atom stereocenters. The van der Waals surface area contributed by atoms with Gasteiger partial charge in [0.05, 0.1) is 6.34 Å². The Balaban J connectivity index is 2.23. The van der Waals surface area contributed by atoms with E-state index in [9.17, 15) is 9.59 Å². The van der Waals surface area contributed by atoms with Crippen molar-refractivity contribution in [1.29, 1.82) is 0 Å². The van der Waals surface area contributed by atoms with E-state index in [0.29, 0.717) is 0 Å². The highest BCUT2D eigenvalue weighted by molar-refractivity contribution is 6.01. The zero-order valence-corrected chi connectivity index (χ0v) is 6.44. The Hall–Kier alpha value is -1.59. The lowest BCUT2D eigenvalue weighted by Gasteiger charge is -2.28. The van der Waals surface area contributed by atoms with Crippen molar-refractivity contribution >= 4 is 18.3 Å². The molecule has 2 aliphatic heterocycles. The Morgan fingerprint density at radius 2 is 2.33 bits per heavy atom. The van der Waals surface area contributed by atoms with Crippen LogP contribution < -0.4 is 10.6 Å². The van der Waals surface area contributed by atoms with Gasteiger partial charge in [0.15, 0.2) is 6.04 Å². The van der Waals surface area contributed by atoms with Crippen molar-refractivity contribution in [2.45, 2.75) is 12.2 Å². The molecule has 0 aliphatic carbocycles. The summed E-state index contributed by atoms with van der Waals surface area (Å²) in [4.78, 5) is 27.6. The first-order valence-corrected chi connectivity index (χ1v) is 3.55. The number of nitrogens with zero attached hydrogens (tertiary/aromatic N) is 2. The number of carbonyl (C=O) groups excluding carboxylic acids is 2. The fourth-order valence-corrected chi connectivity index (χ4v) is 1.30. The van der Waals surface area contributed by atoms with E-state index in [1.54, 1.807) is 18.3 Å². The molecule has 0 radical (unpaired) electrons. The van der Waals surface area contributed by atoms with Crippen molar-refractivity contribution in [3.8, 4) is 0 Å². The minimum absolute atomic E-state index is 0.314. The van der Waals surface area contributed by atoms with Crippen LogP contribution in [-0.2, 0) is 4.79 Å². The number of fused-ring (bicyclic) bond motifs is 1. The maximum atomic E-state index is 11.1. The van der Waals surface area contributed by atoms with Crippen LogP contribution in [0, 0.1) is 0 Å². The molecule has 0 aromatic rings. The van der Waals surface area contributed by atoms with E-state index < -0.39 is 12.1 Å². The monoisotopic (exact) mass is 168 g/mol. The normalized spacial score (nSPS) is 32.9. The van der Waals surface area contributed by atoms with Crippen LogP contribution in [0.25, 0.3) is 0 Å². The lowest BCUT2D eigenvalue weighted by molar-refractivity contribution is -0.123. The second-order valence-corrected chi connectivity index (χ2v) is 2.78. The van der Waals surface area contributed by atoms with Crippen molar-refractivity contribution in [1.82, 2.24) is 15.5 Å². The largest absolute Gasteiger partial charge is 0.343 e. The van der Waals surface area contributed by atoms with E-state index in [4.69, 9.17) is 0 Å². The number of urea groups is 1. The maximum absolute atomic E-state index is 11.1. The van der Waals surface area contributed by atoms with Gasteiger partial charge in [-0.05, 0) is 0 Å². The Morgan fingerprint density at radius 3 is 3.08 bits per heavy atom. The first-order valence-electron chi connectivity index (χ1n) is 3.55. The minimum atomic E-state index is -0.493. The summed E-state index contributed by atoms with van der Waals surface area (Å²) in [6, 6.07) is -0.953. The summed E-state index contributed by atoms with van der Waals surface area (Å²) in [5.41, 5.74) is 0. The first kappa shape index (κ1) is 7.08. The van der Waals surface area contributed by atoms with Gasteiger partial charge in [-0.2, -0.15) is 0 Å². The van der Waals surface area contributed by atoms with E-state index >= 15 is 0 Å². The molecular formula is C6H8N4O2. The Bertz CT molecular complexity index is 275. The molecule has 0 aromatic carbocycles. The van der Waals surface area contributed by atoms with Crippen LogP contribution in [-0.4, -0.2) is 42.4 Å². The number of carbonyl (C=O) groups is 2. The van der Waals surface area contributed by atoms with Gasteiger partial charge < -0.3 is 10.2 Å². The topological polar surface area (TPSA) is 73.8 Å². The number of amides is 3. The maximum Gasteiger partial charge on any atom is 0.323 e. The molecule has 64 valence electrons. The highest BCUT2D eigenvalue weighted by atomic mass is 16.2. The van der Waals surface area contributed by atoms with Crippen LogP contribution in [0.4, 0.5) is 4.79 Å². The lowest BCUT2D eigenvalue weighted by atomic mass is 10.2. The van der Waals surface area contributed by atoms with Crippen molar-refractivity contribution in [2.75, 3.05) is 7.05 Å². The molecule has 0 spiro atoms. The van der Waals surface area contributed by atoms with Crippen molar-refractivity contribution in [2.24, 2.45) is 4.99 Å². The van der Waals surface area contributed by atoms with Crippen molar-refractivity contribution < 1.29 is 9.59 Å². The van der Waals surface area contributed by atoms with E-state index in [2.05, 4.69) is 15.6 Å². The van der Waals surface area contributed by atoms with Gasteiger partial charge in [-0.3, -0.25) is 15.1 Å². The molecule has 1 saturated heterocycles. The van der Waals surface area contributed by atoms with E-state index in [0.717, 1.165) is 0 Å². The summed E-state index contributed by atoms with van der Waals surface area (Å²) in [5.74, 6) is -0.343. The number of nitrogens with one attached hydrogen (secondary N) is 2. The number of rotatable bonds is 0. The summed E-state index contributed by atoms with van der Waals surface area (Å²) >= 11 is 0. The van der Waals surface area contributed by atoms with Crippen LogP contribution in [0.3, 0.4) is 0 Å². The predicted octanol–water partition coefficient (Wildman–Crippen LogP) is -1.51. The molecule has 0 bridgehead atoms. The van der Waals surface area contributed by atoms with Gasteiger partial charge in [-0.1, -0.05) is 0 Å². The molecule has 0 aromatic heterocycles. The zero-order valence-electron chi connectivity index (χ0n) is 6.44. The average Bonchev–Trinajstić information content (AvgIpc) is 2.33. The van der Waals surface area contributed by atoms with Gasteiger partial charge in [0.25, 0.3) is 5.91 Å². The number of hydrogen-bond acceptors (Lipinski definition) is 4. The third-order valence-electron chi connectivity index (χ3n) is 1.93. The van der Waals surface area contributed by atoms with Gasteiger partial charge in [-0.25, -0.2) is 4.79 Å². The van der Waals surface area contributed by atoms with Crippen LogP contribution in [0.2, 0.25) is 0 Å². The van der Waals surface area contributed by atoms with Crippen LogP contribution >= 0.6 is 0 Å². The van der Waals surface area contributed by atoms with Crippen molar-refractivity contribution in [3.63, 3.8) is 0 Å². The fourth-order valence-electron chi connectivity index (χ4n) is 1.30. The van der Waals surface area contributed by atoms with Crippen LogP contribution in [0.1, 0.15) is 0 Å². The summed E-state index contributed by atoms with van der Waals surface area (Å²) < 4.78 is 0. The molecule has 2 unspecified atom stereocenters. The first-order chi connectivity index (χ1) is 5.68. The van der Waals surface area contributed by atoms with Gasteiger partial charge in [0, 0.05) is 7.05 Å². The van der Waals surface area contributed by atoms with Gasteiger partial charge in [0.2, 0.25) is 0 Å². The number of aliphatic imine (C=N–C) groups is 1. The van der Waals surface area contributed by atoms with Crippen molar-refractivity contribution in [3.05, 3.63) is 0 Å². The molecule has 6 nitrogen and oxygen atoms in total. The molecule has 12 heavy (non-hydrogen) atoms. The number of hydrogen-bond donors (Lipinski definition) is 2. The third-order valence-corrected chi connectivity index (χ3v) is 1.93. The smallest absolute Gasteiger partial charge is 0.323 e. The quantitative estimate of drug-likeness (QED) is 0.462. The molecule has 2 heterocycles. The van der Waals surface area contributed by atoms with Gasteiger partial charge >= 0.3 is 6.03 Å². The third kappa shape index (κ3) is 0.843. The fraction of sp³-hybridized carbons (Fsp3) is 0.500. The minimum Gasteiger partial charge on any atom is -0.343 e. The highest BCUT2D eigenvalue weighted by Gasteiger charge is 2.39.